The Morgan fingerprint density at radius 1 is 1.16 bits per heavy atom. The van der Waals surface area contributed by atoms with Crippen LogP contribution in [-0.4, -0.2) is 59.3 Å². The molecule has 7 nitrogen and oxygen atoms in total. The molecule has 172 valence electrons. The minimum atomic E-state index is -1.42. The van der Waals surface area contributed by atoms with Crippen LogP contribution in [0.25, 0.3) is 0 Å². The van der Waals surface area contributed by atoms with E-state index in [1.54, 1.807) is 6.92 Å². The average molecular weight is 435 g/mol. The van der Waals surface area contributed by atoms with Crippen LogP contribution in [0.5, 0.6) is 0 Å². The first-order chi connectivity index (χ1) is 14.4. The first kappa shape index (κ1) is 22.5. The second-order valence-corrected chi connectivity index (χ2v) is 10.1. The molecule has 2 bridgehead atoms. The van der Waals surface area contributed by atoms with Crippen LogP contribution in [0.2, 0.25) is 0 Å². The third kappa shape index (κ3) is 3.96. The Morgan fingerprint density at radius 3 is 2.39 bits per heavy atom. The minimum Gasteiger partial charge on any atom is -0.459 e. The van der Waals surface area contributed by atoms with E-state index in [2.05, 4.69) is 0 Å². The predicted octanol–water partition coefficient (Wildman–Crippen LogP) is 2.71. The number of esters is 2. The number of hydrogen-bond donors (Lipinski definition) is 1. The quantitative estimate of drug-likeness (QED) is 0.415. The maximum absolute atomic E-state index is 11.9. The Bertz CT molecular complexity index is 822. The third-order valence-electron chi connectivity index (χ3n) is 7.55. The highest BCUT2D eigenvalue weighted by atomic mass is 16.6. The Kier molecular flexibility index (Phi) is 5.59. The van der Waals surface area contributed by atoms with Crippen LogP contribution in [0.15, 0.2) is 23.3 Å². The van der Waals surface area contributed by atoms with E-state index < -0.39 is 35.5 Å². The summed E-state index contributed by atoms with van der Waals surface area (Å²) >= 11 is 0. The van der Waals surface area contributed by atoms with Crippen molar-refractivity contribution in [2.75, 3.05) is 6.61 Å². The lowest BCUT2D eigenvalue weighted by Gasteiger charge is -2.46. The average Bonchev–Trinajstić information content (AvgIpc) is 3.25. The molecule has 3 heterocycles. The largest absolute Gasteiger partial charge is 0.459 e. The first-order valence-corrected chi connectivity index (χ1v) is 11.1. The van der Waals surface area contributed by atoms with Gasteiger partial charge in [-0.05, 0) is 40.2 Å². The zero-order chi connectivity index (χ0) is 22.7. The maximum Gasteiger partial charge on any atom is 0.303 e. The van der Waals surface area contributed by atoms with Gasteiger partial charge in [0.2, 0.25) is 0 Å². The van der Waals surface area contributed by atoms with Crippen LogP contribution in [0.4, 0.5) is 0 Å². The van der Waals surface area contributed by atoms with Crippen molar-refractivity contribution in [3.05, 3.63) is 23.3 Å². The summed E-state index contributed by atoms with van der Waals surface area (Å²) in [7, 11) is 0. The highest BCUT2D eigenvalue weighted by molar-refractivity contribution is 5.67. The number of rotatable bonds is 3. The summed E-state index contributed by atoms with van der Waals surface area (Å²) in [5, 5.41) is 11.8. The monoisotopic (exact) mass is 434 g/mol. The molecule has 0 aromatic rings. The summed E-state index contributed by atoms with van der Waals surface area (Å²) in [5.41, 5.74) is 0.350. The van der Waals surface area contributed by atoms with Crippen molar-refractivity contribution in [2.45, 2.75) is 90.0 Å². The van der Waals surface area contributed by atoms with E-state index in [1.165, 1.54) is 13.8 Å². The van der Waals surface area contributed by atoms with Crippen molar-refractivity contribution in [1.29, 1.82) is 0 Å². The van der Waals surface area contributed by atoms with Crippen LogP contribution in [-0.2, 0) is 28.5 Å². The second-order valence-electron chi connectivity index (χ2n) is 10.1. The van der Waals surface area contributed by atoms with Gasteiger partial charge in [-0.3, -0.25) is 9.59 Å². The molecule has 0 radical (unpaired) electrons. The van der Waals surface area contributed by atoms with Gasteiger partial charge in [0.1, 0.15) is 17.8 Å². The van der Waals surface area contributed by atoms with Crippen LogP contribution >= 0.6 is 0 Å². The molecular formula is C24H34O7. The third-order valence-corrected chi connectivity index (χ3v) is 7.55. The van der Waals surface area contributed by atoms with E-state index in [0.29, 0.717) is 13.0 Å². The molecular weight excluding hydrogens is 400 g/mol. The van der Waals surface area contributed by atoms with E-state index in [9.17, 15) is 14.7 Å². The SMILES string of the molecule is CC(=O)O[C@H]1C/C=C(/C)C[C@H]2O[C@H]([C@H]3[C@@H]2C(C)=C[C@@H](OC(C)=O)[C@@H]3[C@@]2(C)CO2)[C@]1(C)O. The topological polar surface area (TPSA) is 94.6 Å². The van der Waals surface area contributed by atoms with Crippen molar-refractivity contribution >= 4 is 11.9 Å². The smallest absolute Gasteiger partial charge is 0.303 e. The zero-order valence-corrected chi connectivity index (χ0v) is 19.2. The number of carbonyl (C=O) groups is 2. The van der Waals surface area contributed by atoms with E-state index in [0.717, 1.165) is 17.6 Å². The standard InChI is InChI=1S/C24H34O7/c1-12-7-8-18(30-15(4)26)24(6,27)22-20-19(16(9-12)31-22)13(2)10-17(29-14(3)25)21(20)23(5)11-28-23/h7,10,16-22,27H,8-9,11H2,1-6H3/b12-7-/t16-,17-,18+,19-,20+,21+,22-,23-,24-/m1/s1. The molecule has 7 heteroatoms. The molecule has 0 unspecified atom stereocenters. The van der Waals surface area contributed by atoms with Gasteiger partial charge in [0.25, 0.3) is 0 Å². The van der Waals surface area contributed by atoms with Gasteiger partial charge in [-0.15, -0.1) is 0 Å². The first-order valence-electron chi connectivity index (χ1n) is 11.1. The molecule has 0 saturated carbocycles. The van der Waals surface area contributed by atoms with Crippen molar-refractivity contribution in [3.8, 4) is 0 Å². The lowest BCUT2D eigenvalue weighted by atomic mass is 9.61. The van der Waals surface area contributed by atoms with Crippen molar-refractivity contribution in [3.63, 3.8) is 0 Å². The number of hydrogen-bond acceptors (Lipinski definition) is 7. The summed E-state index contributed by atoms with van der Waals surface area (Å²) in [6.45, 7) is 11.1. The second kappa shape index (κ2) is 7.71. The van der Waals surface area contributed by atoms with Crippen molar-refractivity contribution in [2.24, 2.45) is 17.8 Å². The predicted molar refractivity (Wildman–Crippen MR) is 112 cm³/mol. The summed E-state index contributed by atoms with van der Waals surface area (Å²) in [6, 6.07) is 0. The van der Waals surface area contributed by atoms with Gasteiger partial charge in [0.15, 0.2) is 0 Å². The lowest BCUT2D eigenvalue weighted by molar-refractivity contribution is -0.191. The Balaban J connectivity index is 1.82. The molecule has 4 rings (SSSR count). The number of carbonyl (C=O) groups excluding carboxylic acids is 2. The van der Waals surface area contributed by atoms with E-state index in [1.807, 2.05) is 32.9 Å². The molecule has 9 atom stereocenters. The molecule has 3 aliphatic heterocycles. The highest BCUT2D eigenvalue weighted by Gasteiger charge is 2.66. The molecule has 1 N–H and O–H groups in total. The van der Waals surface area contributed by atoms with E-state index in [-0.39, 0.29) is 29.8 Å². The van der Waals surface area contributed by atoms with Crippen molar-refractivity contribution in [1.82, 2.24) is 0 Å². The van der Waals surface area contributed by atoms with E-state index >= 15 is 0 Å². The fourth-order valence-corrected chi connectivity index (χ4v) is 6.06. The Labute approximate surface area is 183 Å². The molecule has 0 spiro atoms. The van der Waals surface area contributed by atoms with Crippen molar-refractivity contribution < 1.29 is 33.6 Å². The fraction of sp³-hybridized carbons (Fsp3) is 0.750. The van der Waals surface area contributed by atoms with Gasteiger partial charge in [0.05, 0.1) is 24.4 Å². The van der Waals surface area contributed by atoms with Gasteiger partial charge in [0, 0.05) is 38.0 Å². The normalized spacial score (nSPS) is 48.2. The highest BCUT2D eigenvalue weighted by Crippen LogP contribution is 2.57. The Morgan fingerprint density at radius 2 is 1.81 bits per heavy atom. The molecule has 2 fully saturated rings. The number of ether oxygens (including phenoxy) is 4. The number of aliphatic hydroxyl groups is 1. The summed E-state index contributed by atoms with van der Waals surface area (Å²) in [5.74, 6) is -1.06. The fourth-order valence-electron chi connectivity index (χ4n) is 6.06. The summed E-state index contributed by atoms with van der Waals surface area (Å²) in [4.78, 5) is 23.7. The molecule has 0 aromatic carbocycles. The van der Waals surface area contributed by atoms with Crippen LogP contribution in [0.1, 0.15) is 54.4 Å². The minimum absolute atomic E-state index is 0.0498. The Hall–Kier alpha value is -1.70. The summed E-state index contributed by atoms with van der Waals surface area (Å²) in [6.07, 6.45) is 3.30. The molecule has 4 aliphatic rings. The maximum atomic E-state index is 11.9. The van der Waals surface area contributed by atoms with Gasteiger partial charge >= 0.3 is 11.9 Å². The zero-order valence-electron chi connectivity index (χ0n) is 19.2. The molecule has 2 saturated heterocycles. The molecule has 31 heavy (non-hydrogen) atoms. The van der Waals surface area contributed by atoms with Crippen LogP contribution in [0, 0.1) is 17.8 Å². The van der Waals surface area contributed by atoms with Crippen LogP contribution < -0.4 is 0 Å². The molecule has 0 aromatic heterocycles. The summed E-state index contributed by atoms with van der Waals surface area (Å²) < 4.78 is 23.8. The molecule has 1 aliphatic carbocycles. The van der Waals surface area contributed by atoms with Gasteiger partial charge < -0.3 is 24.1 Å². The lowest BCUT2D eigenvalue weighted by Crippen LogP contribution is -2.58. The molecule has 0 amide bonds. The van der Waals surface area contributed by atoms with E-state index in [4.69, 9.17) is 18.9 Å². The van der Waals surface area contributed by atoms with Gasteiger partial charge in [-0.25, -0.2) is 0 Å². The number of fused-ring (bicyclic) bond motifs is 5. The van der Waals surface area contributed by atoms with Crippen LogP contribution in [0.3, 0.4) is 0 Å². The van der Waals surface area contributed by atoms with Gasteiger partial charge in [-0.1, -0.05) is 17.2 Å². The van der Waals surface area contributed by atoms with Gasteiger partial charge in [-0.2, -0.15) is 0 Å². The number of epoxide rings is 1.